The Morgan fingerprint density at radius 3 is 2.24 bits per heavy atom. The number of carboxylic acids is 1. The first-order chi connectivity index (χ1) is 15.9. The number of H-pyrrole nitrogens is 1. The number of carbonyl (C=O) groups is 1. The molecule has 0 saturated heterocycles. The number of ether oxygens (including phenoxy) is 1. The molecule has 0 bridgehead atoms. The van der Waals surface area contributed by atoms with Crippen molar-refractivity contribution in [1.29, 1.82) is 0 Å². The van der Waals surface area contributed by atoms with Gasteiger partial charge in [0, 0.05) is 25.0 Å². The van der Waals surface area contributed by atoms with Crippen LogP contribution >= 0.6 is 0 Å². The van der Waals surface area contributed by atoms with Gasteiger partial charge in [0.2, 0.25) is 0 Å². The second kappa shape index (κ2) is 9.29. The number of aromatic amines is 1. The minimum absolute atomic E-state index is 0.304. The Morgan fingerprint density at radius 2 is 1.74 bits per heavy atom. The smallest absolute Gasteiger partial charge is 0.475 e. The number of alkyl halides is 6. The molecule has 1 aromatic carbocycles. The van der Waals surface area contributed by atoms with Gasteiger partial charge in [0.1, 0.15) is 5.75 Å². The zero-order valence-electron chi connectivity index (χ0n) is 16.9. The maximum absolute atomic E-state index is 12.3. The molecule has 0 amide bonds. The molecule has 0 radical (unpaired) electrons. The highest BCUT2D eigenvalue weighted by Crippen LogP contribution is 2.33. The lowest BCUT2D eigenvalue weighted by Crippen LogP contribution is -2.21. The molecule has 3 aromatic heterocycles. The maximum Gasteiger partial charge on any atom is 0.573 e. The number of benzene rings is 1. The third kappa shape index (κ3) is 5.54. The summed E-state index contributed by atoms with van der Waals surface area (Å²) in [4.78, 5) is 13.3. The monoisotopic (exact) mass is 488 g/mol. The van der Waals surface area contributed by atoms with Crippen LogP contribution in [-0.2, 0) is 4.79 Å². The normalized spacial score (nSPS) is 11.6. The van der Waals surface area contributed by atoms with Crippen molar-refractivity contribution in [1.82, 2.24) is 25.0 Å². The van der Waals surface area contributed by atoms with Crippen LogP contribution in [0.5, 0.6) is 5.75 Å². The molecule has 34 heavy (non-hydrogen) atoms. The third-order valence-corrected chi connectivity index (χ3v) is 4.14. The average Bonchev–Trinajstić information content (AvgIpc) is 3.41. The van der Waals surface area contributed by atoms with Crippen LogP contribution in [0.25, 0.3) is 28.0 Å². The molecule has 180 valence electrons. The van der Waals surface area contributed by atoms with E-state index in [1.54, 1.807) is 24.1 Å². The van der Waals surface area contributed by atoms with Gasteiger partial charge in [-0.25, -0.2) is 14.5 Å². The largest absolute Gasteiger partial charge is 0.573 e. The summed E-state index contributed by atoms with van der Waals surface area (Å²) < 4.78 is 74.2. The number of nitrogens with one attached hydrogen (secondary N) is 2. The summed E-state index contributed by atoms with van der Waals surface area (Å²) in [5, 5.41) is 22.4. The van der Waals surface area contributed by atoms with Gasteiger partial charge in [-0.3, -0.25) is 5.10 Å². The lowest BCUT2D eigenvalue weighted by molar-refractivity contribution is -0.274. The Hall–Kier alpha value is -4.30. The molecule has 0 fully saturated rings. The molecule has 0 saturated carbocycles. The third-order valence-electron chi connectivity index (χ3n) is 4.14. The highest BCUT2D eigenvalue weighted by atomic mass is 19.4. The van der Waals surface area contributed by atoms with Crippen LogP contribution in [0.1, 0.15) is 0 Å². The number of rotatable bonds is 4. The summed E-state index contributed by atoms with van der Waals surface area (Å²) in [6.45, 7) is 0. The number of hydrogen-bond acceptors (Lipinski definition) is 6. The minimum atomic E-state index is -5.08. The standard InChI is InChI=1S/C17H13F3N6O.C2HF3O2/c1-21-15-14-12(13-7-9-23-24-13)6-8-22-16(14)26(25-15)10-2-4-11(5-3-10)27-17(18,19)20;3-2(4,5)1(6)7/h2-9H,1H3,(H,21,25)(H,23,24);(H,6,7). The van der Waals surface area contributed by atoms with Gasteiger partial charge in [-0.05, 0) is 36.4 Å². The van der Waals surface area contributed by atoms with Gasteiger partial charge in [0.25, 0.3) is 0 Å². The fourth-order valence-corrected chi connectivity index (χ4v) is 2.81. The van der Waals surface area contributed by atoms with Crippen LogP contribution in [0.3, 0.4) is 0 Å². The first kappa shape index (κ1) is 24.3. The van der Waals surface area contributed by atoms with Crippen LogP contribution in [-0.4, -0.2) is 55.6 Å². The Morgan fingerprint density at radius 1 is 1.09 bits per heavy atom. The Bertz CT molecular complexity index is 1270. The molecular weight excluding hydrogens is 474 g/mol. The van der Waals surface area contributed by atoms with Gasteiger partial charge < -0.3 is 15.2 Å². The number of aliphatic carboxylic acids is 1. The number of carboxylic acid groups (broad SMARTS) is 1. The van der Waals surface area contributed by atoms with E-state index in [9.17, 15) is 26.3 Å². The van der Waals surface area contributed by atoms with Gasteiger partial charge in [0.15, 0.2) is 11.5 Å². The molecule has 15 heteroatoms. The molecule has 3 heterocycles. The lowest BCUT2D eigenvalue weighted by atomic mass is 10.1. The fraction of sp³-hybridized carbons (Fsp3) is 0.158. The number of anilines is 1. The van der Waals surface area contributed by atoms with Gasteiger partial charge >= 0.3 is 18.5 Å². The van der Waals surface area contributed by atoms with Crippen molar-refractivity contribution < 1.29 is 41.0 Å². The van der Waals surface area contributed by atoms with Crippen LogP contribution in [0.2, 0.25) is 0 Å². The van der Waals surface area contributed by atoms with Crippen molar-refractivity contribution in [2.45, 2.75) is 12.5 Å². The first-order valence-corrected chi connectivity index (χ1v) is 9.12. The summed E-state index contributed by atoms with van der Waals surface area (Å²) >= 11 is 0. The van der Waals surface area contributed by atoms with E-state index in [1.807, 2.05) is 12.1 Å². The highest BCUT2D eigenvalue weighted by molar-refractivity contribution is 6.00. The van der Waals surface area contributed by atoms with E-state index >= 15 is 0 Å². The quantitative estimate of drug-likeness (QED) is 0.365. The number of pyridine rings is 1. The van der Waals surface area contributed by atoms with E-state index in [1.165, 1.54) is 24.3 Å². The maximum atomic E-state index is 12.3. The molecule has 4 rings (SSSR count). The van der Waals surface area contributed by atoms with Crippen LogP contribution in [0.4, 0.5) is 32.2 Å². The summed E-state index contributed by atoms with van der Waals surface area (Å²) in [6, 6.07) is 9.08. The summed E-state index contributed by atoms with van der Waals surface area (Å²) in [5.74, 6) is -2.49. The SMILES string of the molecule is CNc1nn(-c2ccc(OC(F)(F)F)cc2)c2nccc(-c3cc[nH]n3)c12.O=C(O)C(F)(F)F. The van der Waals surface area contributed by atoms with Crippen molar-refractivity contribution in [2.75, 3.05) is 12.4 Å². The highest BCUT2D eigenvalue weighted by Gasteiger charge is 2.38. The molecule has 0 aliphatic heterocycles. The molecule has 0 spiro atoms. The topological polar surface area (TPSA) is 118 Å². The molecule has 4 aromatic rings. The number of fused-ring (bicyclic) bond motifs is 1. The molecule has 9 nitrogen and oxygen atoms in total. The van der Waals surface area contributed by atoms with Crippen molar-refractivity contribution in [3.63, 3.8) is 0 Å². The zero-order valence-corrected chi connectivity index (χ0v) is 16.9. The number of nitrogens with zero attached hydrogens (tertiary/aromatic N) is 4. The molecule has 0 atom stereocenters. The predicted molar refractivity (Wildman–Crippen MR) is 106 cm³/mol. The summed E-state index contributed by atoms with van der Waals surface area (Å²) in [7, 11) is 1.73. The van der Waals surface area contributed by atoms with Crippen LogP contribution in [0, 0.1) is 0 Å². The number of hydrogen-bond donors (Lipinski definition) is 3. The van der Waals surface area contributed by atoms with Crippen LogP contribution in [0.15, 0.2) is 48.8 Å². The second-order valence-corrected chi connectivity index (χ2v) is 6.37. The van der Waals surface area contributed by atoms with Crippen LogP contribution < -0.4 is 10.1 Å². The van der Waals surface area contributed by atoms with Gasteiger partial charge in [-0.15, -0.1) is 18.3 Å². The van der Waals surface area contributed by atoms with Gasteiger partial charge in [0.05, 0.1) is 16.8 Å². The number of halogens is 6. The van der Waals surface area contributed by atoms with Crippen molar-refractivity contribution in [2.24, 2.45) is 0 Å². The van der Waals surface area contributed by atoms with Crippen molar-refractivity contribution in [3.8, 4) is 22.7 Å². The fourth-order valence-electron chi connectivity index (χ4n) is 2.81. The van der Waals surface area contributed by atoms with Crippen molar-refractivity contribution >= 4 is 22.8 Å². The summed E-state index contributed by atoms with van der Waals surface area (Å²) in [6.07, 6.45) is -6.48. The van der Waals surface area contributed by atoms with E-state index < -0.39 is 18.5 Å². The van der Waals surface area contributed by atoms with E-state index in [2.05, 4.69) is 30.3 Å². The minimum Gasteiger partial charge on any atom is -0.475 e. The van der Waals surface area contributed by atoms with Gasteiger partial charge in [-0.2, -0.15) is 18.3 Å². The van der Waals surface area contributed by atoms with E-state index in [4.69, 9.17) is 9.90 Å². The Balaban J connectivity index is 0.000000406. The predicted octanol–water partition coefficient (Wildman–Crippen LogP) is 4.38. The Kier molecular flexibility index (Phi) is 6.65. The summed E-state index contributed by atoms with van der Waals surface area (Å²) in [5.41, 5.74) is 2.65. The zero-order chi connectivity index (χ0) is 25.1. The molecular formula is C19H14F6N6O3. The lowest BCUT2D eigenvalue weighted by Gasteiger charge is -2.09. The Labute approximate surface area is 186 Å². The molecule has 3 N–H and O–H groups in total. The van der Waals surface area contributed by atoms with E-state index in [-0.39, 0.29) is 5.75 Å². The van der Waals surface area contributed by atoms with E-state index in [0.717, 1.165) is 16.6 Å². The first-order valence-electron chi connectivity index (χ1n) is 9.12. The van der Waals surface area contributed by atoms with E-state index in [0.29, 0.717) is 17.2 Å². The van der Waals surface area contributed by atoms with Gasteiger partial charge in [-0.1, -0.05) is 0 Å². The molecule has 0 aliphatic carbocycles. The molecule has 0 aliphatic rings. The number of aromatic nitrogens is 5. The molecule has 0 unspecified atom stereocenters. The van der Waals surface area contributed by atoms with Crippen molar-refractivity contribution in [3.05, 3.63) is 48.8 Å². The average molecular weight is 488 g/mol. The second-order valence-electron chi connectivity index (χ2n) is 6.37.